The summed E-state index contributed by atoms with van der Waals surface area (Å²) in [6.07, 6.45) is 2.24. The zero-order valence-electron chi connectivity index (χ0n) is 11.3. The summed E-state index contributed by atoms with van der Waals surface area (Å²) in [5, 5.41) is 11.8. The lowest BCUT2D eigenvalue weighted by Crippen LogP contribution is -2.28. The Labute approximate surface area is 132 Å². The molecule has 5 nitrogen and oxygen atoms in total. The molecule has 21 heavy (non-hydrogen) atoms. The first-order valence-corrected chi connectivity index (χ1v) is 9.03. The summed E-state index contributed by atoms with van der Waals surface area (Å²) in [6.45, 7) is 1.65. The molecule has 1 heterocycles. The van der Waals surface area contributed by atoms with E-state index < -0.39 is 10.0 Å². The molecule has 0 aliphatic rings. The molecule has 0 aliphatic carbocycles. The van der Waals surface area contributed by atoms with E-state index in [1.807, 2.05) is 6.92 Å². The lowest BCUT2D eigenvalue weighted by molar-refractivity contribution is 0.282. The Morgan fingerprint density at radius 2 is 2.24 bits per heavy atom. The molecule has 2 aromatic rings. The Kier molecular flexibility index (Phi) is 5.34. The van der Waals surface area contributed by atoms with Crippen molar-refractivity contribution in [2.75, 3.05) is 0 Å². The SMILES string of the molecule is CCC(NS(=O)(=O)c1ccc(CO)c(Cl)c1)c1nccs1. The van der Waals surface area contributed by atoms with Crippen molar-refractivity contribution in [3.05, 3.63) is 45.4 Å². The monoisotopic (exact) mass is 346 g/mol. The Balaban J connectivity index is 2.27. The van der Waals surface area contributed by atoms with Gasteiger partial charge < -0.3 is 5.11 Å². The zero-order chi connectivity index (χ0) is 15.5. The fourth-order valence-corrected chi connectivity index (χ4v) is 4.26. The van der Waals surface area contributed by atoms with Gasteiger partial charge in [-0.1, -0.05) is 24.6 Å². The average Bonchev–Trinajstić information content (AvgIpc) is 2.98. The fourth-order valence-electron chi connectivity index (χ4n) is 1.79. The Bertz CT molecular complexity index is 702. The smallest absolute Gasteiger partial charge is 0.241 e. The predicted molar refractivity (Wildman–Crippen MR) is 82.8 cm³/mol. The number of hydrogen-bond acceptors (Lipinski definition) is 5. The first-order valence-electron chi connectivity index (χ1n) is 6.29. The van der Waals surface area contributed by atoms with Gasteiger partial charge in [0, 0.05) is 16.6 Å². The standard InChI is InChI=1S/C13H15ClN2O3S2/c1-2-12(13-15-5-6-20-13)16-21(18,19)10-4-3-9(8-17)11(14)7-10/h3-7,12,16-17H,2,8H2,1H3. The van der Waals surface area contributed by atoms with Crippen LogP contribution in [-0.2, 0) is 16.6 Å². The maximum atomic E-state index is 12.4. The number of sulfonamides is 1. The first kappa shape index (κ1) is 16.4. The number of aromatic nitrogens is 1. The highest BCUT2D eigenvalue weighted by atomic mass is 35.5. The molecule has 0 aliphatic heterocycles. The second kappa shape index (κ2) is 6.85. The van der Waals surface area contributed by atoms with Crippen molar-refractivity contribution < 1.29 is 13.5 Å². The van der Waals surface area contributed by atoms with E-state index in [-0.39, 0.29) is 22.6 Å². The third-order valence-electron chi connectivity index (χ3n) is 2.96. The molecule has 1 aromatic heterocycles. The van der Waals surface area contributed by atoms with Crippen LogP contribution in [0, 0.1) is 0 Å². The minimum atomic E-state index is -3.69. The molecule has 1 aromatic carbocycles. The molecular formula is C13H15ClN2O3S2. The summed E-state index contributed by atoms with van der Waals surface area (Å²) in [6, 6.07) is 3.89. The van der Waals surface area contributed by atoms with Crippen molar-refractivity contribution in [2.45, 2.75) is 30.9 Å². The van der Waals surface area contributed by atoms with E-state index in [2.05, 4.69) is 9.71 Å². The molecule has 0 saturated heterocycles. The number of nitrogens with one attached hydrogen (secondary N) is 1. The van der Waals surface area contributed by atoms with Crippen LogP contribution in [0.2, 0.25) is 5.02 Å². The van der Waals surface area contributed by atoms with Gasteiger partial charge >= 0.3 is 0 Å². The van der Waals surface area contributed by atoms with E-state index in [9.17, 15) is 8.42 Å². The molecule has 0 fully saturated rings. The van der Waals surface area contributed by atoms with Gasteiger partial charge in [-0.25, -0.2) is 18.1 Å². The molecular weight excluding hydrogens is 332 g/mol. The van der Waals surface area contributed by atoms with E-state index >= 15 is 0 Å². The summed E-state index contributed by atoms with van der Waals surface area (Å²) >= 11 is 7.35. The highest BCUT2D eigenvalue weighted by molar-refractivity contribution is 7.89. The molecule has 0 amide bonds. The summed E-state index contributed by atoms with van der Waals surface area (Å²) in [5.74, 6) is 0. The first-order chi connectivity index (χ1) is 9.97. The van der Waals surface area contributed by atoms with Gasteiger partial charge in [0.15, 0.2) is 0 Å². The van der Waals surface area contributed by atoms with Crippen LogP contribution in [0.15, 0.2) is 34.7 Å². The van der Waals surface area contributed by atoms with Crippen LogP contribution in [0.1, 0.15) is 30.0 Å². The largest absolute Gasteiger partial charge is 0.392 e. The topological polar surface area (TPSA) is 79.3 Å². The molecule has 8 heteroatoms. The van der Waals surface area contributed by atoms with Crippen LogP contribution < -0.4 is 4.72 Å². The van der Waals surface area contributed by atoms with Gasteiger partial charge in [-0.3, -0.25) is 0 Å². The summed E-state index contributed by atoms with van der Waals surface area (Å²) in [5.41, 5.74) is 0.489. The van der Waals surface area contributed by atoms with Crippen LogP contribution in [-0.4, -0.2) is 18.5 Å². The maximum Gasteiger partial charge on any atom is 0.241 e. The molecule has 1 atom stereocenters. The van der Waals surface area contributed by atoms with Crippen LogP contribution in [0.3, 0.4) is 0 Å². The van der Waals surface area contributed by atoms with Crippen molar-refractivity contribution in [2.24, 2.45) is 0 Å². The molecule has 2 rings (SSSR count). The van der Waals surface area contributed by atoms with Crippen LogP contribution in [0.4, 0.5) is 0 Å². The van der Waals surface area contributed by atoms with E-state index in [0.717, 1.165) is 5.01 Å². The summed E-state index contributed by atoms with van der Waals surface area (Å²) in [7, 11) is -3.69. The van der Waals surface area contributed by atoms with E-state index in [0.29, 0.717) is 12.0 Å². The highest BCUT2D eigenvalue weighted by Crippen LogP contribution is 2.24. The highest BCUT2D eigenvalue weighted by Gasteiger charge is 2.22. The fraction of sp³-hybridized carbons (Fsp3) is 0.308. The quantitative estimate of drug-likeness (QED) is 0.842. The lowest BCUT2D eigenvalue weighted by atomic mass is 10.2. The van der Waals surface area contributed by atoms with E-state index in [1.54, 1.807) is 11.6 Å². The molecule has 1 unspecified atom stereocenters. The van der Waals surface area contributed by atoms with Gasteiger partial charge in [-0.05, 0) is 24.1 Å². The number of aliphatic hydroxyl groups is 1. The van der Waals surface area contributed by atoms with Gasteiger partial charge in [0.05, 0.1) is 17.5 Å². The van der Waals surface area contributed by atoms with Gasteiger partial charge in [-0.2, -0.15) is 0 Å². The molecule has 0 radical (unpaired) electrons. The normalized spacial score (nSPS) is 13.3. The van der Waals surface area contributed by atoms with Crippen LogP contribution in [0.5, 0.6) is 0 Å². The number of rotatable bonds is 6. The lowest BCUT2D eigenvalue weighted by Gasteiger charge is -2.15. The summed E-state index contributed by atoms with van der Waals surface area (Å²) in [4.78, 5) is 4.21. The van der Waals surface area contributed by atoms with Crippen LogP contribution in [0.25, 0.3) is 0 Å². The minimum absolute atomic E-state index is 0.0692. The van der Waals surface area contributed by atoms with Crippen molar-refractivity contribution >= 4 is 33.0 Å². The Morgan fingerprint density at radius 3 is 2.76 bits per heavy atom. The minimum Gasteiger partial charge on any atom is -0.392 e. The zero-order valence-corrected chi connectivity index (χ0v) is 13.7. The van der Waals surface area contributed by atoms with E-state index in [4.69, 9.17) is 16.7 Å². The van der Waals surface area contributed by atoms with Gasteiger partial charge in [0.1, 0.15) is 5.01 Å². The molecule has 0 saturated carbocycles. The number of halogens is 1. The third-order valence-corrected chi connectivity index (χ3v) is 5.67. The van der Waals surface area contributed by atoms with Crippen molar-refractivity contribution in [1.29, 1.82) is 0 Å². The average molecular weight is 347 g/mol. The number of benzene rings is 1. The Morgan fingerprint density at radius 1 is 1.48 bits per heavy atom. The number of nitrogens with zero attached hydrogens (tertiary/aromatic N) is 1. The summed E-state index contributed by atoms with van der Waals surface area (Å²) < 4.78 is 27.4. The Hall–Kier alpha value is -0.990. The van der Waals surface area contributed by atoms with Crippen molar-refractivity contribution in [1.82, 2.24) is 9.71 Å². The second-order valence-electron chi connectivity index (χ2n) is 4.36. The van der Waals surface area contributed by atoms with Gasteiger partial charge in [0.25, 0.3) is 0 Å². The van der Waals surface area contributed by atoms with E-state index in [1.165, 1.54) is 29.5 Å². The second-order valence-corrected chi connectivity index (χ2v) is 7.41. The molecule has 2 N–H and O–H groups in total. The predicted octanol–water partition coefficient (Wildman–Crippen LogP) is 2.72. The number of aliphatic hydroxyl groups excluding tert-OH is 1. The van der Waals surface area contributed by atoms with Crippen molar-refractivity contribution in [3.63, 3.8) is 0 Å². The van der Waals surface area contributed by atoms with Gasteiger partial charge in [-0.15, -0.1) is 11.3 Å². The van der Waals surface area contributed by atoms with Crippen LogP contribution >= 0.6 is 22.9 Å². The number of hydrogen-bond donors (Lipinski definition) is 2. The molecule has 114 valence electrons. The third kappa shape index (κ3) is 3.81. The number of thiazole rings is 1. The maximum absolute atomic E-state index is 12.4. The molecule has 0 spiro atoms. The van der Waals surface area contributed by atoms with Crippen molar-refractivity contribution in [3.8, 4) is 0 Å². The van der Waals surface area contributed by atoms with Gasteiger partial charge in [0.2, 0.25) is 10.0 Å². The molecule has 0 bridgehead atoms.